The van der Waals surface area contributed by atoms with Gasteiger partial charge in [-0.05, 0) is 58.5 Å². The lowest BCUT2D eigenvalue weighted by Crippen LogP contribution is -2.39. The van der Waals surface area contributed by atoms with Crippen molar-refractivity contribution >= 4 is 17.2 Å². The van der Waals surface area contributed by atoms with Crippen molar-refractivity contribution in [2.45, 2.75) is 33.3 Å². The van der Waals surface area contributed by atoms with Crippen LogP contribution in [0.15, 0.2) is 24.3 Å². The zero-order chi connectivity index (χ0) is 22.7. The minimum absolute atomic E-state index is 0.256. The second-order valence-corrected chi connectivity index (χ2v) is 9.05. The number of nitrogens with two attached hydrogens (primary N) is 1. The molecule has 2 aromatic heterocycles. The van der Waals surface area contributed by atoms with Crippen LogP contribution in [0, 0.1) is 13.8 Å². The van der Waals surface area contributed by atoms with Crippen LogP contribution in [0.3, 0.4) is 0 Å². The Labute approximate surface area is 192 Å². The van der Waals surface area contributed by atoms with E-state index in [1.807, 2.05) is 39.0 Å². The second kappa shape index (κ2) is 9.70. The van der Waals surface area contributed by atoms with Crippen molar-refractivity contribution in [3.05, 3.63) is 40.5 Å². The number of likely N-dealkylation sites (tertiary alicyclic amines) is 1. The Kier molecular flexibility index (Phi) is 6.76. The monoisotopic (exact) mass is 455 g/mol. The van der Waals surface area contributed by atoms with E-state index in [1.54, 1.807) is 24.5 Å². The van der Waals surface area contributed by atoms with Gasteiger partial charge in [0.2, 0.25) is 0 Å². The van der Waals surface area contributed by atoms with Gasteiger partial charge < -0.3 is 19.9 Å². The smallest absolute Gasteiger partial charge is 0.319 e. The molecule has 4 rings (SSSR count). The summed E-state index contributed by atoms with van der Waals surface area (Å²) < 4.78 is 17.5. The second-order valence-electron chi connectivity index (χ2n) is 7.85. The van der Waals surface area contributed by atoms with Gasteiger partial charge in [-0.3, -0.25) is 4.90 Å². The molecule has 32 heavy (non-hydrogen) atoms. The molecule has 0 bridgehead atoms. The molecule has 170 valence electrons. The largest absolute Gasteiger partial charge is 0.493 e. The van der Waals surface area contributed by atoms with E-state index < -0.39 is 0 Å². The number of hydrogen-bond donors (Lipinski definition) is 1. The highest BCUT2D eigenvalue weighted by molar-refractivity contribution is 7.15. The average molecular weight is 456 g/mol. The van der Waals surface area contributed by atoms with Gasteiger partial charge in [0.15, 0.2) is 11.5 Å². The fourth-order valence-electron chi connectivity index (χ4n) is 3.55. The van der Waals surface area contributed by atoms with Crippen molar-refractivity contribution < 1.29 is 14.2 Å². The molecular formula is C23H29N5O3S. The van der Waals surface area contributed by atoms with E-state index in [2.05, 4.69) is 14.9 Å². The Morgan fingerprint density at radius 1 is 1.12 bits per heavy atom. The van der Waals surface area contributed by atoms with E-state index in [9.17, 15) is 0 Å². The molecular weight excluding hydrogens is 426 g/mol. The van der Waals surface area contributed by atoms with Gasteiger partial charge in [0, 0.05) is 28.7 Å². The predicted molar refractivity (Wildman–Crippen MR) is 126 cm³/mol. The molecule has 1 aliphatic heterocycles. The summed E-state index contributed by atoms with van der Waals surface area (Å²) >= 11 is 1.62. The van der Waals surface area contributed by atoms with E-state index >= 15 is 0 Å². The van der Waals surface area contributed by atoms with Gasteiger partial charge in [0.1, 0.15) is 23.5 Å². The Balaban J connectivity index is 1.51. The van der Waals surface area contributed by atoms with Gasteiger partial charge in [-0.2, -0.15) is 4.98 Å². The Morgan fingerprint density at radius 2 is 1.94 bits per heavy atom. The van der Waals surface area contributed by atoms with Crippen LogP contribution in [-0.2, 0) is 0 Å². The molecule has 0 saturated carbocycles. The SMILES string of the molecule is COc1ccc(-c2nc(C(C)Oc3nc(C)cc(N)n3)c(C)s2)cc1OCCN1CCC1. The normalized spacial score (nSPS) is 14.6. The molecule has 0 aliphatic carbocycles. The van der Waals surface area contributed by atoms with E-state index in [4.69, 9.17) is 24.9 Å². The van der Waals surface area contributed by atoms with E-state index in [1.165, 1.54) is 6.42 Å². The van der Waals surface area contributed by atoms with E-state index in [-0.39, 0.29) is 12.1 Å². The first-order valence-corrected chi connectivity index (χ1v) is 11.5. The first-order chi connectivity index (χ1) is 15.4. The van der Waals surface area contributed by atoms with Crippen molar-refractivity contribution in [2.75, 3.05) is 39.1 Å². The zero-order valence-corrected chi connectivity index (χ0v) is 19.7. The van der Waals surface area contributed by atoms with Gasteiger partial charge in [-0.1, -0.05) is 0 Å². The number of aryl methyl sites for hydroxylation is 2. The summed E-state index contributed by atoms with van der Waals surface area (Å²) in [5.74, 6) is 1.83. The first kappa shape index (κ1) is 22.3. The number of ether oxygens (including phenoxy) is 3. The predicted octanol–water partition coefficient (Wildman–Crippen LogP) is 4.03. The summed E-state index contributed by atoms with van der Waals surface area (Å²) in [5.41, 5.74) is 8.40. The van der Waals surface area contributed by atoms with Crippen LogP contribution >= 0.6 is 11.3 Å². The van der Waals surface area contributed by atoms with Crippen LogP contribution in [0.5, 0.6) is 17.5 Å². The van der Waals surface area contributed by atoms with Crippen molar-refractivity contribution in [2.24, 2.45) is 0 Å². The Bertz CT molecular complexity index is 1060. The molecule has 1 aromatic carbocycles. The third-order valence-electron chi connectivity index (χ3n) is 5.38. The van der Waals surface area contributed by atoms with Crippen LogP contribution in [-0.4, -0.2) is 53.2 Å². The van der Waals surface area contributed by atoms with E-state index in [0.29, 0.717) is 12.4 Å². The molecule has 2 N–H and O–H groups in total. The molecule has 3 heterocycles. The van der Waals surface area contributed by atoms with Gasteiger partial charge >= 0.3 is 6.01 Å². The maximum absolute atomic E-state index is 6.04. The van der Waals surface area contributed by atoms with Crippen LogP contribution in [0.2, 0.25) is 0 Å². The van der Waals surface area contributed by atoms with Gasteiger partial charge in [-0.15, -0.1) is 11.3 Å². The number of nitrogen functional groups attached to an aromatic ring is 1. The number of rotatable bonds is 9. The number of thiazole rings is 1. The molecule has 9 heteroatoms. The number of benzene rings is 1. The molecule has 1 saturated heterocycles. The molecule has 0 radical (unpaired) electrons. The highest BCUT2D eigenvalue weighted by atomic mass is 32.1. The van der Waals surface area contributed by atoms with Crippen LogP contribution in [0.25, 0.3) is 10.6 Å². The van der Waals surface area contributed by atoms with Gasteiger partial charge in [-0.25, -0.2) is 9.97 Å². The summed E-state index contributed by atoms with van der Waals surface area (Å²) in [6.07, 6.45) is 0.961. The number of hydrogen-bond acceptors (Lipinski definition) is 9. The summed E-state index contributed by atoms with van der Waals surface area (Å²) in [4.78, 5) is 16.8. The lowest BCUT2D eigenvalue weighted by molar-refractivity contribution is 0.145. The molecule has 0 amide bonds. The van der Waals surface area contributed by atoms with Crippen molar-refractivity contribution in [1.82, 2.24) is 19.9 Å². The Hall–Kier alpha value is -2.91. The summed E-state index contributed by atoms with van der Waals surface area (Å²) in [5, 5.41) is 0.896. The molecule has 1 unspecified atom stereocenters. The molecule has 1 atom stereocenters. The maximum Gasteiger partial charge on any atom is 0.319 e. The number of methoxy groups -OCH3 is 1. The van der Waals surface area contributed by atoms with Crippen molar-refractivity contribution in [3.63, 3.8) is 0 Å². The Morgan fingerprint density at radius 3 is 2.62 bits per heavy atom. The molecule has 0 spiro atoms. The molecule has 8 nitrogen and oxygen atoms in total. The molecule has 3 aromatic rings. The standard InChI is InChI=1S/C23H29N5O3S/c1-14-12-20(24)26-23(25-14)31-15(2)21-16(3)32-22(27-21)17-6-7-18(29-4)19(13-17)30-11-10-28-8-5-9-28/h6-7,12-13,15H,5,8-11H2,1-4H3,(H2,24,25,26). The highest BCUT2D eigenvalue weighted by Crippen LogP contribution is 2.36. The minimum Gasteiger partial charge on any atom is -0.493 e. The van der Waals surface area contributed by atoms with Gasteiger partial charge in [0.05, 0.1) is 12.8 Å². The maximum atomic E-state index is 6.04. The van der Waals surface area contributed by atoms with Crippen LogP contribution in [0.1, 0.15) is 35.7 Å². The topological polar surface area (TPSA) is 95.6 Å². The first-order valence-electron chi connectivity index (χ1n) is 10.7. The van der Waals surface area contributed by atoms with Crippen LogP contribution in [0.4, 0.5) is 5.82 Å². The fraction of sp³-hybridized carbons (Fsp3) is 0.435. The highest BCUT2D eigenvalue weighted by Gasteiger charge is 2.20. The summed E-state index contributed by atoms with van der Waals surface area (Å²) in [6.45, 7) is 9.70. The van der Waals surface area contributed by atoms with Crippen molar-refractivity contribution in [3.8, 4) is 28.1 Å². The lowest BCUT2D eigenvalue weighted by Gasteiger charge is -2.30. The summed E-state index contributed by atoms with van der Waals surface area (Å²) in [7, 11) is 1.65. The molecule has 1 aliphatic rings. The number of aromatic nitrogens is 3. The average Bonchev–Trinajstić information content (AvgIpc) is 3.10. The van der Waals surface area contributed by atoms with E-state index in [0.717, 1.165) is 58.0 Å². The van der Waals surface area contributed by atoms with Gasteiger partial charge in [0.25, 0.3) is 0 Å². The molecule has 1 fully saturated rings. The quantitative estimate of drug-likeness (QED) is 0.517. The third-order valence-corrected chi connectivity index (χ3v) is 6.41. The number of anilines is 1. The summed E-state index contributed by atoms with van der Waals surface area (Å²) in [6, 6.07) is 7.88. The lowest BCUT2D eigenvalue weighted by atomic mass is 10.2. The fourth-order valence-corrected chi connectivity index (χ4v) is 4.55. The minimum atomic E-state index is -0.313. The third kappa shape index (κ3) is 5.11. The van der Waals surface area contributed by atoms with Crippen molar-refractivity contribution in [1.29, 1.82) is 0 Å². The zero-order valence-electron chi connectivity index (χ0n) is 18.9. The van der Waals surface area contributed by atoms with Crippen LogP contribution < -0.4 is 19.9 Å². The number of nitrogens with zero attached hydrogens (tertiary/aromatic N) is 4.